The van der Waals surface area contributed by atoms with E-state index in [2.05, 4.69) is 48.0 Å². The van der Waals surface area contributed by atoms with Gasteiger partial charge in [-0.1, -0.05) is 51.0 Å². The second-order valence-corrected chi connectivity index (χ2v) is 11.3. The minimum Gasteiger partial charge on any atom is -0.493 e. The van der Waals surface area contributed by atoms with E-state index in [9.17, 15) is 9.59 Å². The maximum atomic E-state index is 11.3. The summed E-state index contributed by atoms with van der Waals surface area (Å²) in [4.78, 5) is 22.5. The number of nitrogens with one attached hydrogen (secondary N) is 3. The Labute approximate surface area is 239 Å². The highest BCUT2D eigenvalue weighted by atomic mass is 16.5. The second kappa shape index (κ2) is 15.0. The Morgan fingerprint density at radius 3 is 2.38 bits per heavy atom. The minimum absolute atomic E-state index is 0.0386. The third-order valence-corrected chi connectivity index (χ3v) is 8.26. The van der Waals surface area contributed by atoms with Gasteiger partial charge in [0.05, 0.1) is 19.3 Å². The topological polar surface area (TPSA) is 88.7 Å². The molecule has 0 spiro atoms. The van der Waals surface area contributed by atoms with Gasteiger partial charge in [-0.3, -0.25) is 4.79 Å². The molecule has 1 aliphatic carbocycles. The van der Waals surface area contributed by atoms with E-state index in [4.69, 9.17) is 9.47 Å². The van der Waals surface area contributed by atoms with E-state index in [1.165, 1.54) is 55.2 Å². The van der Waals surface area contributed by atoms with Crippen LogP contribution in [-0.4, -0.2) is 44.3 Å². The van der Waals surface area contributed by atoms with Crippen LogP contribution in [0.15, 0.2) is 36.4 Å². The molecule has 2 atom stereocenters. The molecule has 7 nitrogen and oxygen atoms in total. The van der Waals surface area contributed by atoms with Crippen molar-refractivity contribution < 1.29 is 19.1 Å². The molecule has 0 radical (unpaired) electrons. The fourth-order valence-corrected chi connectivity index (χ4v) is 5.93. The maximum absolute atomic E-state index is 11.3. The fourth-order valence-electron chi connectivity index (χ4n) is 5.93. The molecule has 7 heteroatoms. The first-order valence-electron chi connectivity index (χ1n) is 15.2. The summed E-state index contributed by atoms with van der Waals surface area (Å²) in [5.41, 5.74) is 5.45. The largest absolute Gasteiger partial charge is 0.493 e. The molecular formula is C33H47N3O4. The van der Waals surface area contributed by atoms with Gasteiger partial charge < -0.3 is 25.4 Å². The summed E-state index contributed by atoms with van der Waals surface area (Å²) in [6.45, 7) is 5.92. The SMILES string of the molecule is CCCCCc1cc(CC2CNC(=O)N2)ccc1CC.COc1ccc(C2CNC(=O)C2)cc1OC1CCCC1. The third-order valence-electron chi connectivity index (χ3n) is 8.26. The molecule has 1 saturated carbocycles. The predicted molar refractivity (Wildman–Crippen MR) is 159 cm³/mol. The molecule has 218 valence electrons. The van der Waals surface area contributed by atoms with Gasteiger partial charge >= 0.3 is 6.03 Å². The van der Waals surface area contributed by atoms with Crippen LogP contribution in [0.1, 0.15) is 93.4 Å². The van der Waals surface area contributed by atoms with Crippen LogP contribution in [0.4, 0.5) is 4.79 Å². The lowest BCUT2D eigenvalue weighted by atomic mass is 9.95. The molecule has 2 saturated heterocycles. The predicted octanol–water partition coefficient (Wildman–Crippen LogP) is 5.83. The number of hydrogen-bond acceptors (Lipinski definition) is 4. The average molecular weight is 550 g/mol. The van der Waals surface area contributed by atoms with Gasteiger partial charge in [0.15, 0.2) is 11.5 Å². The average Bonchev–Trinajstić information content (AvgIpc) is 3.73. The van der Waals surface area contributed by atoms with Gasteiger partial charge in [0, 0.05) is 25.4 Å². The Balaban J connectivity index is 0.000000185. The highest BCUT2D eigenvalue weighted by Gasteiger charge is 2.25. The number of rotatable bonds is 11. The molecular weight excluding hydrogens is 502 g/mol. The zero-order valence-electron chi connectivity index (χ0n) is 24.5. The van der Waals surface area contributed by atoms with Crippen LogP contribution in [-0.2, 0) is 24.1 Å². The number of amides is 3. The number of carbonyl (C=O) groups is 2. The van der Waals surface area contributed by atoms with Crippen molar-refractivity contribution in [1.82, 2.24) is 16.0 Å². The summed E-state index contributed by atoms with van der Waals surface area (Å²) in [6.07, 6.45) is 12.6. The van der Waals surface area contributed by atoms with Gasteiger partial charge in [-0.15, -0.1) is 0 Å². The van der Waals surface area contributed by atoms with E-state index in [1.54, 1.807) is 7.11 Å². The normalized spacial score (nSPS) is 20.4. The number of methoxy groups -OCH3 is 1. The highest BCUT2D eigenvalue weighted by Crippen LogP contribution is 2.35. The summed E-state index contributed by atoms with van der Waals surface area (Å²) >= 11 is 0. The highest BCUT2D eigenvalue weighted by molar-refractivity contribution is 5.79. The Morgan fingerprint density at radius 1 is 0.900 bits per heavy atom. The molecule has 3 fully saturated rings. The molecule has 5 rings (SSSR count). The van der Waals surface area contributed by atoms with E-state index >= 15 is 0 Å². The zero-order valence-corrected chi connectivity index (χ0v) is 24.5. The Hall–Kier alpha value is -3.22. The van der Waals surface area contributed by atoms with E-state index in [0.29, 0.717) is 19.1 Å². The number of unbranched alkanes of at least 4 members (excludes halogenated alkanes) is 2. The van der Waals surface area contributed by atoms with Gasteiger partial charge in [0.2, 0.25) is 5.91 Å². The number of urea groups is 1. The second-order valence-electron chi connectivity index (χ2n) is 11.3. The first-order chi connectivity index (χ1) is 19.5. The van der Waals surface area contributed by atoms with Crippen LogP contribution >= 0.6 is 0 Å². The lowest BCUT2D eigenvalue weighted by molar-refractivity contribution is -0.119. The van der Waals surface area contributed by atoms with Crippen LogP contribution in [0.25, 0.3) is 0 Å². The van der Waals surface area contributed by atoms with Crippen molar-refractivity contribution in [3.63, 3.8) is 0 Å². The van der Waals surface area contributed by atoms with Crippen LogP contribution in [0.2, 0.25) is 0 Å². The molecule has 3 aliphatic rings. The number of carbonyl (C=O) groups excluding carboxylic acids is 2. The molecule has 2 aromatic carbocycles. The van der Waals surface area contributed by atoms with E-state index < -0.39 is 0 Å². The summed E-state index contributed by atoms with van der Waals surface area (Å²) < 4.78 is 11.5. The fraction of sp³-hybridized carbons (Fsp3) is 0.576. The molecule has 2 aromatic rings. The zero-order chi connectivity index (χ0) is 28.3. The smallest absolute Gasteiger partial charge is 0.315 e. The molecule has 2 unspecified atom stereocenters. The van der Waals surface area contributed by atoms with Gasteiger partial charge in [-0.05, 0) is 85.8 Å². The summed E-state index contributed by atoms with van der Waals surface area (Å²) in [5.74, 6) is 1.97. The van der Waals surface area contributed by atoms with Crippen molar-refractivity contribution in [2.45, 2.75) is 103 Å². The van der Waals surface area contributed by atoms with Crippen LogP contribution < -0.4 is 25.4 Å². The molecule has 0 bridgehead atoms. The molecule has 3 N–H and O–H groups in total. The minimum atomic E-state index is -0.0386. The van der Waals surface area contributed by atoms with Crippen LogP contribution in [0.3, 0.4) is 0 Å². The molecule has 0 aromatic heterocycles. The van der Waals surface area contributed by atoms with Crippen molar-refractivity contribution in [3.8, 4) is 11.5 Å². The monoisotopic (exact) mass is 549 g/mol. The molecule has 3 amide bonds. The van der Waals surface area contributed by atoms with Gasteiger partial charge in [0.25, 0.3) is 0 Å². The van der Waals surface area contributed by atoms with E-state index in [-0.39, 0.29) is 23.9 Å². The lowest BCUT2D eigenvalue weighted by Crippen LogP contribution is -2.28. The maximum Gasteiger partial charge on any atom is 0.315 e. The molecule has 40 heavy (non-hydrogen) atoms. The van der Waals surface area contributed by atoms with Gasteiger partial charge in [-0.25, -0.2) is 4.79 Å². The summed E-state index contributed by atoms with van der Waals surface area (Å²) in [7, 11) is 1.66. The first kappa shape index (κ1) is 29.8. The van der Waals surface area contributed by atoms with Crippen LogP contribution in [0.5, 0.6) is 11.5 Å². The van der Waals surface area contributed by atoms with Crippen molar-refractivity contribution in [2.24, 2.45) is 0 Å². The molecule has 2 heterocycles. The van der Waals surface area contributed by atoms with Gasteiger partial charge in [-0.2, -0.15) is 0 Å². The number of ether oxygens (including phenoxy) is 2. The Kier molecular flexibility index (Phi) is 11.1. The van der Waals surface area contributed by atoms with Crippen molar-refractivity contribution in [1.29, 1.82) is 0 Å². The van der Waals surface area contributed by atoms with E-state index in [0.717, 1.165) is 49.3 Å². The number of aryl methyl sites for hydroxylation is 2. The van der Waals surface area contributed by atoms with Crippen molar-refractivity contribution in [3.05, 3.63) is 58.7 Å². The van der Waals surface area contributed by atoms with Crippen molar-refractivity contribution in [2.75, 3.05) is 20.2 Å². The first-order valence-corrected chi connectivity index (χ1v) is 15.2. The number of benzene rings is 2. The Morgan fingerprint density at radius 2 is 1.73 bits per heavy atom. The summed E-state index contributed by atoms with van der Waals surface area (Å²) in [6, 6.07) is 13.0. The molecule has 2 aliphatic heterocycles. The quantitative estimate of drug-likeness (QED) is 0.308. The lowest BCUT2D eigenvalue weighted by Gasteiger charge is -2.18. The van der Waals surface area contributed by atoms with Crippen LogP contribution in [0, 0.1) is 0 Å². The standard InChI is InChI=1S/C17H26N2O.C16H21NO3/c1-3-5-6-7-15-10-13(8-9-14(15)4-2)11-16-12-18-17(20)19-16;1-19-14-7-6-11(12-9-16(18)17-10-12)8-15(14)20-13-4-2-3-5-13/h8-10,16H,3-7,11-12H2,1-2H3,(H2,18,19,20);6-8,12-13H,2-5,9-10H2,1H3,(H,17,18). The van der Waals surface area contributed by atoms with Gasteiger partial charge in [0.1, 0.15) is 0 Å². The number of hydrogen-bond donors (Lipinski definition) is 3. The van der Waals surface area contributed by atoms with Crippen molar-refractivity contribution >= 4 is 11.9 Å². The van der Waals surface area contributed by atoms with E-state index in [1.807, 2.05) is 18.2 Å². The Bertz CT molecular complexity index is 1130. The third kappa shape index (κ3) is 8.39. The summed E-state index contributed by atoms with van der Waals surface area (Å²) in [5, 5.41) is 8.65.